The summed E-state index contributed by atoms with van der Waals surface area (Å²) in [5, 5.41) is 90.2. The SMILES string of the molecule is CC(C)O.CC(C)O.CC(C)O.CC(C)[O-].CC(C)[O-].CCCCC(CC)CO.CCCCC(CC)CO.CCCCC(CC)CO.CCCCC(CC)C[O-].CCCCC(CC)C[O-].[Ba+2].[Ba+2].[Ti].[Ti]. The summed E-state index contributed by atoms with van der Waals surface area (Å²) in [7, 11) is 0. The van der Waals surface area contributed by atoms with Crippen LogP contribution in [0.3, 0.4) is 0 Å². The van der Waals surface area contributed by atoms with E-state index in [-0.39, 0.29) is 173 Å². The van der Waals surface area contributed by atoms with E-state index in [9.17, 15) is 20.4 Å². The van der Waals surface area contributed by atoms with Gasteiger partial charge in [0.25, 0.3) is 0 Å². The van der Waals surface area contributed by atoms with E-state index < -0.39 is 12.2 Å². The standard InChI is InChI=1S/3C8H18O.2C8H17O.3C3H8O.2C3H7O.2Ba.2Ti/c5*1-3-5-6-8(4-2)7-9;5*1-3(2)4;;;;/h3*8-9H,3-7H2,1-2H3;2*8H,3-7H2,1-2H3;3*3-4H,1-2H3;2*3H,1-2H3;;;;/q;;;2*-1;;;;2*-1;2*+2;;. The van der Waals surface area contributed by atoms with E-state index in [0.29, 0.717) is 49.4 Å². The molecule has 0 radical (unpaired) electrons. The van der Waals surface area contributed by atoms with Gasteiger partial charge in [0.1, 0.15) is 0 Å². The monoisotopic (exact) mass is 1320 g/mol. The van der Waals surface area contributed by atoms with E-state index >= 15 is 0 Å². The number of unbranched alkanes of at least 4 members (excludes halogenated alkanes) is 5. The van der Waals surface area contributed by atoms with Crippen molar-refractivity contribution in [1.82, 2.24) is 0 Å². The van der Waals surface area contributed by atoms with Gasteiger partial charge in [-0.2, -0.15) is 0 Å². The van der Waals surface area contributed by atoms with Gasteiger partial charge in [0, 0.05) is 81.6 Å². The summed E-state index contributed by atoms with van der Waals surface area (Å²) in [6, 6.07) is 0. The number of rotatable bonds is 25. The molecule has 10 nitrogen and oxygen atoms in total. The Hall–Kier alpha value is 4.17. The number of hydrogen-bond acceptors (Lipinski definition) is 10. The second-order valence-electron chi connectivity index (χ2n) is 18.3. The van der Waals surface area contributed by atoms with E-state index in [2.05, 4.69) is 69.2 Å². The smallest absolute Gasteiger partial charge is 0.854 e. The van der Waals surface area contributed by atoms with Gasteiger partial charge in [-0.3, -0.25) is 0 Å². The van der Waals surface area contributed by atoms with Crippen molar-refractivity contribution in [3.05, 3.63) is 0 Å². The second-order valence-corrected chi connectivity index (χ2v) is 18.3. The molecule has 0 saturated heterocycles. The van der Waals surface area contributed by atoms with Gasteiger partial charge in [-0.15, -0.1) is 25.4 Å². The molecule has 418 valence electrons. The largest absolute Gasteiger partial charge is 2.00 e. The maximum Gasteiger partial charge on any atom is 2.00 e. The van der Waals surface area contributed by atoms with Crippen LogP contribution in [0.1, 0.15) is 267 Å². The molecule has 5 atom stereocenters. The average molecular weight is 1320 g/mol. The summed E-state index contributed by atoms with van der Waals surface area (Å²) in [6.07, 6.45) is 22.4. The summed E-state index contributed by atoms with van der Waals surface area (Å²) < 4.78 is 0. The van der Waals surface area contributed by atoms with Crippen molar-refractivity contribution in [2.45, 2.75) is 297 Å². The van der Waals surface area contributed by atoms with Crippen LogP contribution in [0.15, 0.2) is 0 Å². The Morgan fingerprint density at radius 3 is 0.507 bits per heavy atom. The quantitative estimate of drug-likeness (QED) is 0.0476. The molecule has 14 heteroatoms. The molecule has 0 aromatic carbocycles. The van der Waals surface area contributed by atoms with Crippen molar-refractivity contribution in [1.29, 1.82) is 0 Å². The number of aliphatic hydroxyl groups excluding tert-OH is 6. The normalized spacial score (nSPS) is 11.5. The molecule has 0 spiro atoms. The van der Waals surface area contributed by atoms with Crippen LogP contribution in [0.2, 0.25) is 0 Å². The molecule has 0 bridgehead atoms. The Kier molecular flexibility index (Phi) is 165. The molecule has 5 unspecified atom stereocenters. The van der Waals surface area contributed by atoms with E-state index in [1.165, 1.54) is 83.5 Å². The summed E-state index contributed by atoms with van der Waals surface area (Å²) in [6.45, 7) is 39.6. The topological polar surface area (TPSA) is 214 Å². The molecule has 0 fully saturated rings. The van der Waals surface area contributed by atoms with E-state index in [1.807, 2.05) is 0 Å². The fraction of sp³-hybridized carbons (Fsp3) is 1.00. The maximum absolute atomic E-state index is 10.4. The molecule has 0 aromatic rings. The summed E-state index contributed by atoms with van der Waals surface area (Å²) >= 11 is 0. The zero-order valence-electron chi connectivity index (χ0n) is 50.2. The predicted octanol–water partition coefficient (Wildman–Crippen LogP) is 9.62. The summed E-state index contributed by atoms with van der Waals surface area (Å²) in [5.41, 5.74) is 0. The zero-order chi connectivity index (χ0) is 53.5. The Morgan fingerprint density at radius 1 is 0.319 bits per heavy atom. The predicted molar refractivity (Wildman–Crippen MR) is 291 cm³/mol. The van der Waals surface area contributed by atoms with Gasteiger partial charge in [0.05, 0.1) is 0 Å². The summed E-state index contributed by atoms with van der Waals surface area (Å²) in [5.74, 6) is 2.58. The number of aliphatic hydroxyl groups is 6. The van der Waals surface area contributed by atoms with Crippen LogP contribution >= 0.6 is 0 Å². The van der Waals surface area contributed by atoms with Crippen LogP contribution in [0.25, 0.3) is 0 Å². The average Bonchev–Trinajstić information content (AvgIpc) is 3.23. The van der Waals surface area contributed by atoms with Gasteiger partial charge in [0.2, 0.25) is 0 Å². The van der Waals surface area contributed by atoms with Crippen LogP contribution in [0.5, 0.6) is 0 Å². The van der Waals surface area contributed by atoms with E-state index in [4.69, 9.17) is 30.6 Å². The Labute approximate surface area is 545 Å². The number of hydrogen-bond donors (Lipinski definition) is 6. The molecule has 0 aliphatic rings. The molecule has 6 N–H and O–H groups in total. The Morgan fingerprint density at radius 2 is 0.435 bits per heavy atom. The first-order valence-corrected chi connectivity index (χ1v) is 26.7. The van der Waals surface area contributed by atoms with Crippen molar-refractivity contribution in [2.24, 2.45) is 29.6 Å². The van der Waals surface area contributed by atoms with Crippen LogP contribution in [0, 0.1) is 29.6 Å². The van der Waals surface area contributed by atoms with Gasteiger partial charge >= 0.3 is 97.8 Å². The molecular weight excluding hydrogens is 1190 g/mol. The Bertz CT molecular complexity index is 531. The van der Waals surface area contributed by atoms with Gasteiger partial charge < -0.3 is 51.1 Å². The van der Waals surface area contributed by atoms with E-state index in [1.54, 1.807) is 69.2 Å². The van der Waals surface area contributed by atoms with Crippen LogP contribution in [0.4, 0.5) is 0 Å². The minimum atomic E-state index is -0.417. The molecule has 0 rings (SSSR count). The maximum atomic E-state index is 10.4. The molecule has 0 heterocycles. The minimum Gasteiger partial charge on any atom is -0.854 e. The molecule has 0 aromatic heterocycles. The van der Waals surface area contributed by atoms with Gasteiger partial charge in [-0.05, 0) is 78.6 Å². The van der Waals surface area contributed by atoms with Gasteiger partial charge in [0.15, 0.2) is 0 Å². The first kappa shape index (κ1) is 109. The molecule has 0 aliphatic carbocycles. The third-order valence-electron chi connectivity index (χ3n) is 8.96. The Balaban J connectivity index is -0.0000000411. The fourth-order valence-corrected chi connectivity index (χ4v) is 4.55. The zero-order valence-corrected chi connectivity index (χ0v) is 62.2. The van der Waals surface area contributed by atoms with Crippen molar-refractivity contribution in [3.63, 3.8) is 0 Å². The minimum absolute atomic E-state index is 0. The third kappa shape index (κ3) is 182. The molecule has 0 saturated carbocycles. The molecule has 0 aliphatic heterocycles. The van der Waals surface area contributed by atoms with Crippen molar-refractivity contribution in [2.75, 3.05) is 33.0 Å². The fourth-order valence-electron chi connectivity index (χ4n) is 4.55. The van der Waals surface area contributed by atoms with Gasteiger partial charge in [-0.25, -0.2) is 0 Å². The first-order valence-electron chi connectivity index (χ1n) is 26.7. The van der Waals surface area contributed by atoms with Crippen molar-refractivity contribution in [3.8, 4) is 0 Å². The van der Waals surface area contributed by atoms with Crippen LogP contribution in [-0.2, 0) is 43.4 Å². The molecular formula is C55H126Ba2O10Ti2. The molecule has 69 heavy (non-hydrogen) atoms. The van der Waals surface area contributed by atoms with Crippen molar-refractivity contribution >= 4 is 97.8 Å². The third-order valence-corrected chi connectivity index (χ3v) is 8.96. The van der Waals surface area contributed by atoms with E-state index in [0.717, 1.165) is 44.9 Å². The molecule has 0 amide bonds. The van der Waals surface area contributed by atoms with Gasteiger partial charge in [-0.1, -0.05) is 218 Å². The summed E-state index contributed by atoms with van der Waals surface area (Å²) in [4.78, 5) is 0. The second kappa shape index (κ2) is 104. The van der Waals surface area contributed by atoms with Crippen molar-refractivity contribution < 1.29 is 94.5 Å². The first-order chi connectivity index (χ1) is 30.4. The van der Waals surface area contributed by atoms with Crippen LogP contribution < -0.4 is 20.4 Å². The van der Waals surface area contributed by atoms with Crippen LogP contribution in [-0.4, -0.2) is 192 Å².